The van der Waals surface area contributed by atoms with Gasteiger partial charge in [-0.05, 0) is 57.0 Å². The third kappa shape index (κ3) is 3.31. The summed E-state index contributed by atoms with van der Waals surface area (Å²) in [6, 6.07) is 9.36. The number of aliphatic hydroxyl groups is 1. The van der Waals surface area contributed by atoms with Crippen LogP contribution in [0.5, 0.6) is 17.2 Å². The second kappa shape index (κ2) is 5.76. The molecule has 1 aromatic heterocycles. The number of hydrogen-bond donors (Lipinski definition) is 4. The fraction of sp³-hybridized carbons (Fsp3) is 0.263. The third-order valence-electron chi connectivity index (χ3n) is 3.94. The quantitative estimate of drug-likeness (QED) is 0.582. The minimum absolute atomic E-state index is 0.0597. The maximum Gasteiger partial charge on any atom is 0.141 e. The summed E-state index contributed by atoms with van der Waals surface area (Å²) in [5.74, 6) is 0.476. The molecule has 0 atom stereocenters. The molecule has 0 unspecified atom stereocenters. The van der Waals surface area contributed by atoms with Crippen molar-refractivity contribution in [3.8, 4) is 28.6 Å². The van der Waals surface area contributed by atoms with Gasteiger partial charge in [0.25, 0.3) is 0 Å². The summed E-state index contributed by atoms with van der Waals surface area (Å²) in [6.45, 7) is 3.43. The highest BCUT2D eigenvalue weighted by Crippen LogP contribution is 2.37. The van der Waals surface area contributed by atoms with Crippen LogP contribution in [-0.4, -0.2) is 26.0 Å². The molecule has 1 heterocycles. The van der Waals surface area contributed by atoms with Crippen LogP contribution >= 0.6 is 0 Å². The summed E-state index contributed by atoms with van der Waals surface area (Å²) in [6.07, 6.45) is 0.938. The largest absolute Gasteiger partial charge is 0.508 e. The Morgan fingerprint density at radius 1 is 0.958 bits per heavy atom. The molecule has 4 N–H and O–H groups in total. The molecule has 126 valence electrons. The Balaban J connectivity index is 2.07. The van der Waals surface area contributed by atoms with Crippen molar-refractivity contribution in [1.82, 2.24) is 0 Å². The molecule has 3 rings (SSSR count). The molecule has 5 nitrogen and oxygen atoms in total. The molecule has 5 heteroatoms. The fourth-order valence-electron chi connectivity index (χ4n) is 2.70. The third-order valence-corrected chi connectivity index (χ3v) is 3.94. The molecular weight excluding hydrogens is 308 g/mol. The van der Waals surface area contributed by atoms with Gasteiger partial charge in [-0.3, -0.25) is 0 Å². The molecule has 0 radical (unpaired) electrons. The van der Waals surface area contributed by atoms with Crippen molar-refractivity contribution in [2.75, 3.05) is 0 Å². The van der Waals surface area contributed by atoms with Crippen LogP contribution in [0, 0.1) is 0 Å². The van der Waals surface area contributed by atoms with Crippen molar-refractivity contribution < 1.29 is 24.8 Å². The number of fused-ring (bicyclic) bond motifs is 1. The van der Waals surface area contributed by atoms with Crippen LogP contribution in [0.25, 0.3) is 22.3 Å². The van der Waals surface area contributed by atoms with E-state index in [0.29, 0.717) is 35.3 Å². The Morgan fingerprint density at radius 2 is 1.62 bits per heavy atom. The summed E-state index contributed by atoms with van der Waals surface area (Å²) < 4.78 is 5.88. The monoisotopic (exact) mass is 328 g/mol. The van der Waals surface area contributed by atoms with Gasteiger partial charge >= 0.3 is 0 Å². The number of phenols is 3. The zero-order chi connectivity index (χ0) is 17.5. The first kappa shape index (κ1) is 16.2. The Labute approximate surface area is 139 Å². The van der Waals surface area contributed by atoms with E-state index in [1.807, 2.05) is 0 Å². The topological polar surface area (TPSA) is 94.1 Å². The van der Waals surface area contributed by atoms with Gasteiger partial charge in [-0.1, -0.05) is 0 Å². The maximum atomic E-state index is 10.2. The van der Waals surface area contributed by atoms with Crippen molar-refractivity contribution in [1.29, 1.82) is 0 Å². The highest BCUT2D eigenvalue weighted by atomic mass is 16.3. The van der Waals surface area contributed by atoms with E-state index in [1.54, 1.807) is 32.0 Å². The van der Waals surface area contributed by atoms with Gasteiger partial charge < -0.3 is 24.8 Å². The van der Waals surface area contributed by atoms with Crippen LogP contribution in [0.2, 0.25) is 0 Å². The van der Waals surface area contributed by atoms with Gasteiger partial charge in [-0.15, -0.1) is 0 Å². The Hall–Kier alpha value is -2.66. The summed E-state index contributed by atoms with van der Waals surface area (Å²) in [4.78, 5) is 0. The SMILES string of the molecule is CC(C)(O)CCc1c(O)ccc2cc(-c3cc(O)cc(O)c3)oc12. The second-order valence-electron chi connectivity index (χ2n) is 6.64. The Bertz CT molecular complexity index is 866. The molecule has 0 amide bonds. The molecule has 24 heavy (non-hydrogen) atoms. The Morgan fingerprint density at radius 3 is 2.25 bits per heavy atom. The lowest BCUT2D eigenvalue weighted by molar-refractivity contribution is 0.0713. The van der Waals surface area contributed by atoms with Crippen LogP contribution in [0.4, 0.5) is 0 Å². The summed E-state index contributed by atoms with van der Waals surface area (Å²) in [7, 11) is 0. The molecule has 0 spiro atoms. The number of aryl methyl sites for hydroxylation is 1. The second-order valence-corrected chi connectivity index (χ2v) is 6.64. The van der Waals surface area contributed by atoms with Crippen molar-refractivity contribution >= 4 is 11.0 Å². The van der Waals surface area contributed by atoms with Crippen LogP contribution in [-0.2, 0) is 6.42 Å². The van der Waals surface area contributed by atoms with Gasteiger partial charge in [-0.2, -0.15) is 0 Å². The lowest BCUT2D eigenvalue weighted by atomic mass is 9.97. The molecule has 0 bridgehead atoms. The number of benzene rings is 2. The van der Waals surface area contributed by atoms with Crippen LogP contribution < -0.4 is 0 Å². The minimum atomic E-state index is -0.846. The molecule has 0 fully saturated rings. The average molecular weight is 328 g/mol. The molecule has 0 saturated heterocycles. The van der Waals surface area contributed by atoms with E-state index >= 15 is 0 Å². The van der Waals surface area contributed by atoms with Gasteiger partial charge in [-0.25, -0.2) is 0 Å². The van der Waals surface area contributed by atoms with Crippen molar-refractivity contribution in [2.45, 2.75) is 32.3 Å². The Kier molecular flexibility index (Phi) is 3.89. The first-order valence-corrected chi connectivity index (χ1v) is 7.73. The van der Waals surface area contributed by atoms with E-state index < -0.39 is 5.60 Å². The minimum Gasteiger partial charge on any atom is -0.508 e. The van der Waals surface area contributed by atoms with Gasteiger partial charge in [0.1, 0.15) is 28.6 Å². The number of aromatic hydroxyl groups is 3. The number of hydrogen-bond acceptors (Lipinski definition) is 5. The molecule has 0 aliphatic carbocycles. The van der Waals surface area contributed by atoms with Crippen molar-refractivity contribution in [3.05, 3.63) is 42.0 Å². The van der Waals surface area contributed by atoms with E-state index in [2.05, 4.69) is 0 Å². The lowest BCUT2D eigenvalue weighted by Gasteiger charge is -2.17. The zero-order valence-corrected chi connectivity index (χ0v) is 13.6. The standard InChI is InChI=1S/C19H20O5/c1-19(2,23)6-5-15-16(22)4-3-11-9-17(24-18(11)15)12-7-13(20)10-14(21)8-12/h3-4,7-10,20-23H,5-6H2,1-2H3. The fourth-order valence-corrected chi connectivity index (χ4v) is 2.70. The molecular formula is C19H20O5. The van der Waals surface area contributed by atoms with E-state index in [-0.39, 0.29) is 17.2 Å². The summed E-state index contributed by atoms with van der Waals surface area (Å²) in [5, 5.41) is 40.1. The van der Waals surface area contributed by atoms with E-state index in [0.717, 1.165) is 5.39 Å². The number of rotatable bonds is 4. The maximum absolute atomic E-state index is 10.2. The first-order valence-electron chi connectivity index (χ1n) is 7.73. The highest BCUT2D eigenvalue weighted by Gasteiger charge is 2.18. The van der Waals surface area contributed by atoms with Gasteiger partial charge in [0.05, 0.1) is 5.60 Å². The highest BCUT2D eigenvalue weighted by molar-refractivity contribution is 5.87. The van der Waals surface area contributed by atoms with Crippen molar-refractivity contribution in [2.24, 2.45) is 0 Å². The smallest absolute Gasteiger partial charge is 0.141 e. The predicted octanol–water partition coefficient (Wildman–Crippen LogP) is 3.92. The summed E-state index contributed by atoms with van der Waals surface area (Å²) >= 11 is 0. The zero-order valence-electron chi connectivity index (χ0n) is 13.6. The summed E-state index contributed by atoms with van der Waals surface area (Å²) in [5.41, 5.74) is 0.861. The molecule has 2 aromatic carbocycles. The molecule has 0 aliphatic heterocycles. The van der Waals surface area contributed by atoms with Crippen LogP contribution in [0.1, 0.15) is 25.8 Å². The predicted molar refractivity (Wildman–Crippen MR) is 91.3 cm³/mol. The number of phenolic OH excluding ortho intramolecular Hbond substituents is 3. The number of furan rings is 1. The van der Waals surface area contributed by atoms with Crippen molar-refractivity contribution in [3.63, 3.8) is 0 Å². The van der Waals surface area contributed by atoms with Crippen LogP contribution in [0.3, 0.4) is 0 Å². The van der Waals surface area contributed by atoms with Gasteiger partial charge in [0, 0.05) is 22.6 Å². The van der Waals surface area contributed by atoms with E-state index in [9.17, 15) is 20.4 Å². The van der Waals surface area contributed by atoms with Gasteiger partial charge in [0.2, 0.25) is 0 Å². The lowest BCUT2D eigenvalue weighted by Crippen LogP contribution is -2.19. The molecule has 3 aromatic rings. The van der Waals surface area contributed by atoms with Gasteiger partial charge in [0.15, 0.2) is 0 Å². The molecule has 0 saturated carbocycles. The average Bonchev–Trinajstić information content (AvgIpc) is 2.88. The molecule has 0 aliphatic rings. The van der Waals surface area contributed by atoms with Crippen LogP contribution in [0.15, 0.2) is 40.8 Å². The van der Waals surface area contributed by atoms with E-state index in [1.165, 1.54) is 18.2 Å². The normalized spacial score (nSPS) is 12.0. The first-order chi connectivity index (χ1) is 11.2. The van der Waals surface area contributed by atoms with E-state index in [4.69, 9.17) is 4.42 Å².